The number of nitrogens with one attached hydrogen (secondary N) is 1. The van der Waals surface area contributed by atoms with E-state index in [-0.39, 0.29) is 24.2 Å². The quantitative estimate of drug-likeness (QED) is 0.675. The predicted octanol–water partition coefficient (Wildman–Crippen LogP) is 3.34. The van der Waals surface area contributed by atoms with Gasteiger partial charge in [0.1, 0.15) is 17.4 Å². The number of carbonyl (C=O) groups excluding carboxylic acids is 1. The Balaban J connectivity index is 1.38. The lowest BCUT2D eigenvalue weighted by molar-refractivity contribution is -0.125. The maximum absolute atomic E-state index is 13.4. The first-order valence-corrected chi connectivity index (χ1v) is 9.85. The number of hydrogen-bond donors (Lipinski definition) is 1. The monoisotopic (exact) mass is 407 g/mol. The van der Waals surface area contributed by atoms with Gasteiger partial charge in [0.15, 0.2) is 0 Å². The average molecular weight is 407 g/mol. The molecule has 0 bridgehead atoms. The molecule has 7 nitrogen and oxygen atoms in total. The number of piperidine rings is 1. The summed E-state index contributed by atoms with van der Waals surface area (Å²) in [4.78, 5) is 27.5. The number of benzene rings is 1. The van der Waals surface area contributed by atoms with Crippen LogP contribution < -0.4 is 15.0 Å². The Hall–Kier alpha value is -3.55. The molecule has 0 radical (unpaired) electrons. The highest BCUT2D eigenvalue weighted by Gasteiger charge is 2.26. The molecule has 1 saturated heterocycles. The van der Waals surface area contributed by atoms with Crippen LogP contribution in [0.4, 0.5) is 10.2 Å². The molecule has 1 aliphatic heterocycles. The molecular weight excluding hydrogens is 385 g/mol. The summed E-state index contributed by atoms with van der Waals surface area (Å²) in [5.41, 5.74) is 0.719. The van der Waals surface area contributed by atoms with Crippen molar-refractivity contribution >= 4 is 11.7 Å². The third-order valence-corrected chi connectivity index (χ3v) is 4.98. The third kappa shape index (κ3) is 4.89. The van der Waals surface area contributed by atoms with Crippen LogP contribution in [0.15, 0.2) is 61.2 Å². The number of pyridine rings is 1. The molecule has 0 saturated carbocycles. The van der Waals surface area contributed by atoms with Crippen LogP contribution in [0.3, 0.4) is 0 Å². The number of anilines is 1. The van der Waals surface area contributed by atoms with Crippen molar-refractivity contribution in [2.75, 3.05) is 18.0 Å². The van der Waals surface area contributed by atoms with Gasteiger partial charge in [0.25, 0.3) is 0 Å². The molecule has 1 atom stereocenters. The molecule has 0 spiro atoms. The molecule has 154 valence electrons. The van der Waals surface area contributed by atoms with Gasteiger partial charge in [0.05, 0.1) is 12.1 Å². The highest BCUT2D eigenvalue weighted by molar-refractivity contribution is 5.79. The zero-order chi connectivity index (χ0) is 20.8. The highest BCUT2D eigenvalue weighted by atomic mass is 19.1. The second-order valence-corrected chi connectivity index (χ2v) is 7.09. The molecular formula is C22H22FN5O2. The van der Waals surface area contributed by atoms with Gasteiger partial charge in [-0.1, -0.05) is 12.1 Å². The Labute approximate surface area is 174 Å². The minimum absolute atomic E-state index is 0.0239. The first kappa shape index (κ1) is 19.8. The molecule has 1 fully saturated rings. The zero-order valence-electron chi connectivity index (χ0n) is 16.4. The van der Waals surface area contributed by atoms with Gasteiger partial charge in [-0.15, -0.1) is 0 Å². The van der Waals surface area contributed by atoms with E-state index in [2.05, 4.69) is 25.2 Å². The topological polar surface area (TPSA) is 80.2 Å². The maximum atomic E-state index is 13.4. The van der Waals surface area contributed by atoms with Gasteiger partial charge < -0.3 is 15.0 Å². The van der Waals surface area contributed by atoms with Crippen LogP contribution in [-0.4, -0.2) is 33.9 Å². The van der Waals surface area contributed by atoms with E-state index in [9.17, 15) is 9.18 Å². The Morgan fingerprint density at radius 1 is 1.20 bits per heavy atom. The van der Waals surface area contributed by atoms with Crippen LogP contribution in [0.5, 0.6) is 11.6 Å². The summed E-state index contributed by atoms with van der Waals surface area (Å²) in [5.74, 6) is 0.937. The number of carbonyl (C=O) groups is 1. The van der Waals surface area contributed by atoms with Gasteiger partial charge in [0, 0.05) is 49.9 Å². The third-order valence-electron chi connectivity index (χ3n) is 4.98. The number of ether oxygens (including phenoxy) is 1. The van der Waals surface area contributed by atoms with Crippen LogP contribution in [-0.2, 0) is 11.3 Å². The minimum atomic E-state index is -0.386. The molecule has 8 heteroatoms. The van der Waals surface area contributed by atoms with Crippen molar-refractivity contribution < 1.29 is 13.9 Å². The zero-order valence-corrected chi connectivity index (χ0v) is 16.4. The van der Waals surface area contributed by atoms with E-state index in [1.54, 1.807) is 43.0 Å². The fourth-order valence-corrected chi connectivity index (χ4v) is 3.47. The van der Waals surface area contributed by atoms with Crippen LogP contribution >= 0.6 is 0 Å². The summed E-state index contributed by atoms with van der Waals surface area (Å²) in [6, 6.07) is 9.47. The summed E-state index contributed by atoms with van der Waals surface area (Å²) >= 11 is 0. The van der Waals surface area contributed by atoms with Crippen LogP contribution in [0.2, 0.25) is 0 Å². The van der Waals surface area contributed by atoms with E-state index in [1.165, 1.54) is 12.1 Å². The van der Waals surface area contributed by atoms with Gasteiger partial charge in [0.2, 0.25) is 11.8 Å². The summed E-state index contributed by atoms with van der Waals surface area (Å²) < 4.78 is 19.1. The molecule has 3 aromatic rings. The van der Waals surface area contributed by atoms with E-state index in [1.807, 2.05) is 6.07 Å². The van der Waals surface area contributed by atoms with Crippen molar-refractivity contribution in [2.24, 2.45) is 5.92 Å². The molecule has 0 aliphatic carbocycles. The van der Waals surface area contributed by atoms with Crippen molar-refractivity contribution in [3.8, 4) is 11.6 Å². The van der Waals surface area contributed by atoms with Gasteiger partial charge >= 0.3 is 0 Å². The number of nitrogens with zero attached hydrogens (tertiary/aromatic N) is 4. The fourth-order valence-electron chi connectivity index (χ4n) is 3.47. The van der Waals surface area contributed by atoms with Crippen molar-refractivity contribution in [3.05, 3.63) is 72.6 Å². The predicted molar refractivity (Wildman–Crippen MR) is 110 cm³/mol. The Bertz CT molecular complexity index is 1000. The number of aromatic nitrogens is 3. The molecule has 1 N–H and O–H groups in total. The summed E-state index contributed by atoms with van der Waals surface area (Å²) in [7, 11) is 0. The second-order valence-electron chi connectivity index (χ2n) is 7.09. The van der Waals surface area contributed by atoms with Crippen LogP contribution in [0.25, 0.3) is 0 Å². The molecule has 1 aromatic carbocycles. The lowest BCUT2D eigenvalue weighted by Gasteiger charge is -2.32. The van der Waals surface area contributed by atoms with E-state index < -0.39 is 0 Å². The Kier molecular flexibility index (Phi) is 6.12. The van der Waals surface area contributed by atoms with E-state index >= 15 is 0 Å². The van der Waals surface area contributed by atoms with Crippen molar-refractivity contribution in [1.82, 2.24) is 20.3 Å². The smallest absolute Gasteiger partial charge is 0.225 e. The summed E-state index contributed by atoms with van der Waals surface area (Å²) in [5, 5.41) is 2.98. The molecule has 4 rings (SSSR count). The molecule has 1 amide bonds. The Morgan fingerprint density at radius 2 is 2.13 bits per heavy atom. The normalized spacial score (nSPS) is 16.2. The average Bonchev–Trinajstić information content (AvgIpc) is 2.79. The number of amides is 1. The van der Waals surface area contributed by atoms with E-state index in [4.69, 9.17) is 4.74 Å². The SMILES string of the molecule is O=C(NCc1cccnc1Oc1cccc(F)c1)[C@@H]1CCCN(c2cnccn2)C1. The standard InChI is InChI=1S/C22H22FN5O2/c23-18-6-1-7-19(12-18)30-22-16(4-2-8-26-22)13-27-21(29)17-5-3-11-28(15-17)20-14-24-9-10-25-20/h1-2,4,6-10,12,14,17H,3,5,11,13,15H2,(H,27,29)/t17-/m1/s1. The van der Waals surface area contributed by atoms with Gasteiger partial charge in [-0.3, -0.25) is 9.78 Å². The molecule has 3 heterocycles. The van der Waals surface area contributed by atoms with E-state index in [0.717, 1.165) is 30.8 Å². The molecule has 0 unspecified atom stereocenters. The van der Waals surface area contributed by atoms with Gasteiger partial charge in [-0.25, -0.2) is 14.4 Å². The number of hydrogen-bond acceptors (Lipinski definition) is 6. The lowest BCUT2D eigenvalue weighted by atomic mass is 9.97. The van der Waals surface area contributed by atoms with Crippen molar-refractivity contribution in [3.63, 3.8) is 0 Å². The molecule has 30 heavy (non-hydrogen) atoms. The first-order valence-electron chi connectivity index (χ1n) is 9.85. The lowest BCUT2D eigenvalue weighted by Crippen LogP contribution is -2.43. The van der Waals surface area contributed by atoms with Crippen LogP contribution in [0, 0.1) is 11.7 Å². The second kappa shape index (κ2) is 9.30. The van der Waals surface area contributed by atoms with Crippen molar-refractivity contribution in [1.29, 1.82) is 0 Å². The highest BCUT2D eigenvalue weighted by Crippen LogP contribution is 2.24. The van der Waals surface area contributed by atoms with Crippen molar-refractivity contribution in [2.45, 2.75) is 19.4 Å². The summed E-state index contributed by atoms with van der Waals surface area (Å²) in [6.07, 6.45) is 8.33. The number of rotatable bonds is 6. The van der Waals surface area contributed by atoms with E-state index in [0.29, 0.717) is 18.2 Å². The van der Waals surface area contributed by atoms with Crippen LogP contribution in [0.1, 0.15) is 18.4 Å². The largest absolute Gasteiger partial charge is 0.439 e. The Morgan fingerprint density at radius 3 is 2.97 bits per heavy atom. The minimum Gasteiger partial charge on any atom is -0.439 e. The first-order chi connectivity index (χ1) is 14.7. The van der Waals surface area contributed by atoms with Gasteiger partial charge in [-0.2, -0.15) is 0 Å². The summed E-state index contributed by atoms with van der Waals surface area (Å²) in [6.45, 7) is 1.74. The molecule has 1 aliphatic rings. The maximum Gasteiger partial charge on any atom is 0.225 e. The fraction of sp³-hybridized carbons (Fsp3) is 0.273. The molecule has 2 aromatic heterocycles. The number of halogens is 1. The van der Waals surface area contributed by atoms with Gasteiger partial charge in [-0.05, 0) is 31.0 Å².